The highest BCUT2D eigenvalue weighted by molar-refractivity contribution is 5.83. The molecule has 0 bridgehead atoms. The molecule has 2 aliphatic rings. The number of rotatable bonds is 5. The lowest BCUT2D eigenvalue weighted by Crippen LogP contribution is -2.73. The van der Waals surface area contributed by atoms with Crippen LogP contribution in [0.1, 0.15) is 49.9 Å². The molecule has 0 saturated carbocycles. The number of piperidine rings is 1. The van der Waals surface area contributed by atoms with Crippen LogP contribution < -0.4 is 10.2 Å². The molecule has 1 aromatic carbocycles. The van der Waals surface area contributed by atoms with Crippen LogP contribution in [0.2, 0.25) is 0 Å². The zero-order valence-corrected chi connectivity index (χ0v) is 20.7. The molecular weight excluding hydrogens is 453 g/mol. The quantitative estimate of drug-likeness (QED) is 0.578. The molecule has 2 amide bonds. The van der Waals surface area contributed by atoms with Crippen LogP contribution in [0, 0.1) is 5.92 Å². The fourth-order valence-electron chi connectivity index (χ4n) is 6.22. The number of quaternary nitrogens is 2. The number of carbonyl (C=O) groups excluding carboxylic acids is 1. The van der Waals surface area contributed by atoms with Gasteiger partial charge < -0.3 is 5.73 Å². The van der Waals surface area contributed by atoms with Crippen LogP contribution in [-0.2, 0) is 19.0 Å². The number of amides is 2. The van der Waals surface area contributed by atoms with E-state index in [-0.39, 0.29) is 21.0 Å². The van der Waals surface area contributed by atoms with Gasteiger partial charge >= 0.3 is 12.2 Å². The number of likely N-dealkylation sites (tertiary alicyclic amines) is 1. The van der Waals surface area contributed by atoms with E-state index in [4.69, 9.17) is 5.73 Å². The van der Waals surface area contributed by atoms with Gasteiger partial charge in [-0.2, -0.15) is 22.4 Å². The van der Waals surface area contributed by atoms with Gasteiger partial charge in [-0.1, -0.05) is 18.2 Å². The lowest BCUT2D eigenvalue weighted by molar-refractivity contribution is -0.882. The van der Waals surface area contributed by atoms with E-state index in [1.807, 2.05) is 19.1 Å². The average Bonchev–Trinajstić information content (AvgIpc) is 2.87. The number of nitrogens with two attached hydrogens (primary N) is 1. The lowest BCUT2D eigenvalue weighted by Gasteiger charge is -2.49. The highest BCUT2D eigenvalue weighted by atomic mass is 19.4. The Balaban J connectivity index is 1.73. The summed E-state index contributed by atoms with van der Waals surface area (Å²) in [4.78, 5) is 19.3. The van der Waals surface area contributed by atoms with E-state index in [0.717, 1.165) is 49.7 Å². The molecule has 0 aliphatic carbocycles. The number of fused-ring (bicyclic) bond motifs is 1. The predicted octanol–water partition coefficient (Wildman–Crippen LogP) is 5.31. The van der Waals surface area contributed by atoms with Gasteiger partial charge in [0, 0.05) is 44.4 Å². The van der Waals surface area contributed by atoms with Gasteiger partial charge in [0.25, 0.3) is 0 Å². The average molecular weight is 491 g/mol. The molecule has 2 aliphatic heterocycles. The van der Waals surface area contributed by atoms with Gasteiger partial charge in [0.1, 0.15) is 11.7 Å². The number of urea groups is 1. The molecular formula is C27H37F3N4O+2. The topological polar surface area (TPSA) is 56.0 Å². The second-order valence-corrected chi connectivity index (χ2v) is 10.3. The first-order valence-electron chi connectivity index (χ1n) is 12.8. The molecule has 8 heteroatoms. The summed E-state index contributed by atoms with van der Waals surface area (Å²) in [6.07, 6.45) is 1.24. The number of aryl methyl sites for hydroxylation is 1. The molecule has 2 aromatic rings. The SMILES string of the molecule is CC[N+]1(C(=O)[N+]2(C(C)Cc3cccc(C(F)(F)F)c3)CCC(CN)CC2)CCCc2ncccc21. The van der Waals surface area contributed by atoms with E-state index in [2.05, 4.69) is 11.9 Å². The summed E-state index contributed by atoms with van der Waals surface area (Å²) in [6.45, 7) is 7.37. The van der Waals surface area contributed by atoms with E-state index >= 15 is 0 Å². The van der Waals surface area contributed by atoms with Gasteiger partial charge in [0.15, 0.2) is 5.69 Å². The van der Waals surface area contributed by atoms with Crippen molar-refractivity contribution >= 4 is 11.7 Å². The van der Waals surface area contributed by atoms with Crippen LogP contribution in [0.15, 0.2) is 42.6 Å². The van der Waals surface area contributed by atoms with E-state index in [1.54, 1.807) is 12.3 Å². The molecule has 190 valence electrons. The third-order valence-electron chi connectivity index (χ3n) is 8.40. The Labute approximate surface area is 205 Å². The third-order valence-corrected chi connectivity index (χ3v) is 8.40. The smallest absolute Gasteiger partial charge is 0.330 e. The Kier molecular flexibility index (Phi) is 7.36. The van der Waals surface area contributed by atoms with Gasteiger partial charge in [0.2, 0.25) is 0 Å². The molecule has 2 N–H and O–H groups in total. The molecule has 5 nitrogen and oxygen atoms in total. The number of alkyl halides is 3. The van der Waals surface area contributed by atoms with Gasteiger partial charge in [0.05, 0.1) is 31.7 Å². The van der Waals surface area contributed by atoms with Crippen molar-refractivity contribution in [2.24, 2.45) is 11.7 Å². The minimum atomic E-state index is -4.39. The number of halogens is 3. The standard InChI is InChI=1S/C27H37F3N4O/c1-3-33(14-6-9-24-25(33)10-5-13-32-24)26(35)34(15-11-21(19-31)12-16-34)20(2)17-22-7-4-8-23(18-22)27(28,29)30/h4-5,7-8,10,13,18,20-21H,3,6,9,11-12,14-17,19,31H2,1-2H3/q+2. The lowest BCUT2D eigenvalue weighted by atomic mass is 9.91. The van der Waals surface area contributed by atoms with Crippen molar-refractivity contribution < 1.29 is 22.4 Å². The van der Waals surface area contributed by atoms with Crippen LogP contribution >= 0.6 is 0 Å². The van der Waals surface area contributed by atoms with Crippen molar-refractivity contribution in [1.82, 2.24) is 9.47 Å². The Morgan fingerprint density at radius 1 is 1.17 bits per heavy atom. The van der Waals surface area contributed by atoms with Crippen molar-refractivity contribution in [3.8, 4) is 0 Å². The highest BCUT2D eigenvalue weighted by Crippen LogP contribution is 2.39. The molecule has 0 radical (unpaired) electrons. The van der Waals surface area contributed by atoms with E-state index in [0.29, 0.717) is 44.1 Å². The molecule has 0 spiro atoms. The molecule has 2 atom stereocenters. The summed E-state index contributed by atoms with van der Waals surface area (Å²) >= 11 is 0. The minimum absolute atomic E-state index is 0.149. The second-order valence-electron chi connectivity index (χ2n) is 10.3. The molecule has 3 heterocycles. The van der Waals surface area contributed by atoms with Crippen LogP contribution in [0.5, 0.6) is 0 Å². The molecule has 4 rings (SSSR count). The number of benzene rings is 1. The van der Waals surface area contributed by atoms with Crippen molar-refractivity contribution in [2.45, 2.75) is 58.2 Å². The Bertz CT molecular complexity index is 1050. The maximum atomic E-state index is 14.7. The number of pyridine rings is 1. The normalized spacial score (nSPS) is 27.8. The van der Waals surface area contributed by atoms with E-state index < -0.39 is 11.7 Å². The first-order valence-corrected chi connectivity index (χ1v) is 12.8. The molecule has 1 fully saturated rings. The molecule has 1 aromatic heterocycles. The van der Waals surface area contributed by atoms with Gasteiger partial charge in [-0.3, -0.25) is 4.98 Å². The first-order chi connectivity index (χ1) is 16.7. The van der Waals surface area contributed by atoms with Gasteiger partial charge in [-0.05, 0) is 44.0 Å². The van der Waals surface area contributed by atoms with Crippen LogP contribution in [-0.4, -0.2) is 54.3 Å². The largest absolute Gasteiger partial charge is 0.519 e. The number of nitrogens with zero attached hydrogens (tertiary/aromatic N) is 3. The Hall–Kier alpha value is -2.29. The van der Waals surface area contributed by atoms with Crippen LogP contribution in [0.4, 0.5) is 23.7 Å². The minimum Gasteiger partial charge on any atom is -0.330 e. The highest BCUT2D eigenvalue weighted by Gasteiger charge is 2.57. The van der Waals surface area contributed by atoms with Crippen molar-refractivity contribution in [1.29, 1.82) is 0 Å². The number of carbonyl (C=O) groups is 1. The second kappa shape index (κ2) is 9.99. The summed E-state index contributed by atoms with van der Waals surface area (Å²) in [7, 11) is 0. The van der Waals surface area contributed by atoms with E-state index in [9.17, 15) is 18.0 Å². The van der Waals surface area contributed by atoms with E-state index in [1.165, 1.54) is 12.1 Å². The maximum absolute atomic E-state index is 14.7. The van der Waals surface area contributed by atoms with Crippen molar-refractivity contribution in [2.75, 3.05) is 32.7 Å². The van der Waals surface area contributed by atoms with Crippen molar-refractivity contribution in [3.05, 3.63) is 59.4 Å². The molecule has 2 unspecified atom stereocenters. The predicted molar refractivity (Wildman–Crippen MR) is 132 cm³/mol. The maximum Gasteiger partial charge on any atom is 0.519 e. The monoisotopic (exact) mass is 490 g/mol. The number of hydrogen-bond acceptors (Lipinski definition) is 3. The summed E-state index contributed by atoms with van der Waals surface area (Å²) in [5, 5.41) is 0. The Morgan fingerprint density at radius 2 is 1.91 bits per heavy atom. The summed E-state index contributed by atoms with van der Waals surface area (Å²) in [5.74, 6) is 0.375. The zero-order valence-electron chi connectivity index (χ0n) is 20.7. The molecule has 35 heavy (non-hydrogen) atoms. The fraction of sp³-hybridized carbons (Fsp3) is 0.556. The van der Waals surface area contributed by atoms with Crippen LogP contribution in [0.25, 0.3) is 0 Å². The third kappa shape index (κ3) is 4.76. The molecule has 1 saturated heterocycles. The van der Waals surface area contributed by atoms with Gasteiger partial charge in [-0.15, -0.1) is 0 Å². The summed E-state index contributed by atoms with van der Waals surface area (Å²) in [5.41, 5.74) is 7.91. The summed E-state index contributed by atoms with van der Waals surface area (Å²) in [6, 6.07) is 9.46. The number of hydrogen-bond donors (Lipinski definition) is 1. The fourth-order valence-corrected chi connectivity index (χ4v) is 6.22. The van der Waals surface area contributed by atoms with Crippen LogP contribution in [0.3, 0.4) is 0 Å². The Morgan fingerprint density at radius 3 is 2.57 bits per heavy atom. The zero-order chi connectivity index (χ0) is 25.3. The summed E-state index contributed by atoms with van der Waals surface area (Å²) < 4.78 is 40.6. The number of aromatic nitrogens is 1. The van der Waals surface area contributed by atoms with Crippen molar-refractivity contribution in [3.63, 3.8) is 0 Å². The first kappa shape index (κ1) is 25.8. The van der Waals surface area contributed by atoms with Gasteiger partial charge in [-0.25, -0.2) is 4.48 Å².